The standard InChI is InChI=1S/C17H26N4O2/c1-2-14-10-16(19-12-18-14)21-7-3-4-13(11-21)17(22)20-15-5-8-23-9-6-15/h10,12-13,15H,2-9,11H2,1H3,(H,20,22). The Balaban J connectivity index is 1.59. The molecule has 3 heterocycles. The van der Waals surface area contributed by atoms with E-state index in [0.717, 1.165) is 69.9 Å². The summed E-state index contributed by atoms with van der Waals surface area (Å²) >= 11 is 0. The molecular weight excluding hydrogens is 292 g/mol. The zero-order valence-corrected chi connectivity index (χ0v) is 13.8. The number of rotatable bonds is 4. The molecule has 1 aromatic rings. The predicted octanol–water partition coefficient (Wildman–Crippen LogP) is 1.55. The molecule has 1 atom stereocenters. The average molecular weight is 318 g/mol. The van der Waals surface area contributed by atoms with Crippen LogP contribution in [0, 0.1) is 5.92 Å². The van der Waals surface area contributed by atoms with Crippen LogP contribution in [0.3, 0.4) is 0 Å². The summed E-state index contributed by atoms with van der Waals surface area (Å²) < 4.78 is 5.35. The molecule has 2 aliphatic heterocycles. The second-order valence-electron chi connectivity index (χ2n) is 6.40. The van der Waals surface area contributed by atoms with E-state index in [-0.39, 0.29) is 17.9 Å². The second kappa shape index (κ2) is 7.73. The molecule has 3 rings (SSSR count). The average Bonchev–Trinajstić information content (AvgIpc) is 2.63. The summed E-state index contributed by atoms with van der Waals surface area (Å²) in [7, 11) is 0. The van der Waals surface area contributed by atoms with Gasteiger partial charge in [-0.1, -0.05) is 6.92 Å². The van der Waals surface area contributed by atoms with E-state index in [2.05, 4.69) is 27.1 Å². The van der Waals surface area contributed by atoms with Gasteiger partial charge in [0, 0.05) is 44.1 Å². The van der Waals surface area contributed by atoms with Crippen LogP contribution in [0.2, 0.25) is 0 Å². The number of aryl methyl sites for hydroxylation is 1. The van der Waals surface area contributed by atoms with Crippen molar-refractivity contribution in [3.8, 4) is 0 Å². The zero-order chi connectivity index (χ0) is 16.1. The quantitative estimate of drug-likeness (QED) is 0.912. The third-order valence-electron chi connectivity index (χ3n) is 4.76. The molecule has 2 aliphatic rings. The number of carbonyl (C=O) groups is 1. The molecular formula is C17H26N4O2. The summed E-state index contributed by atoms with van der Waals surface area (Å²) in [5, 5.41) is 3.20. The lowest BCUT2D eigenvalue weighted by atomic mass is 9.96. The fourth-order valence-corrected chi connectivity index (χ4v) is 3.31. The molecule has 1 aromatic heterocycles. The first-order valence-electron chi connectivity index (χ1n) is 8.70. The third-order valence-corrected chi connectivity index (χ3v) is 4.76. The highest BCUT2D eigenvalue weighted by molar-refractivity contribution is 5.79. The largest absolute Gasteiger partial charge is 0.381 e. The number of nitrogens with zero attached hydrogens (tertiary/aromatic N) is 3. The van der Waals surface area contributed by atoms with Crippen molar-refractivity contribution in [2.24, 2.45) is 5.92 Å². The molecule has 0 aromatic carbocycles. The van der Waals surface area contributed by atoms with E-state index in [1.807, 2.05) is 6.07 Å². The Morgan fingerprint density at radius 3 is 2.96 bits per heavy atom. The number of hydrogen-bond donors (Lipinski definition) is 1. The van der Waals surface area contributed by atoms with Crippen LogP contribution >= 0.6 is 0 Å². The normalized spacial score (nSPS) is 22.8. The van der Waals surface area contributed by atoms with E-state index in [1.54, 1.807) is 6.33 Å². The summed E-state index contributed by atoms with van der Waals surface area (Å²) in [5.41, 5.74) is 1.05. The topological polar surface area (TPSA) is 67.4 Å². The van der Waals surface area contributed by atoms with Crippen LogP contribution < -0.4 is 10.2 Å². The minimum atomic E-state index is 0.0478. The first kappa shape index (κ1) is 16.2. The molecule has 2 saturated heterocycles. The number of anilines is 1. The van der Waals surface area contributed by atoms with Gasteiger partial charge in [-0.15, -0.1) is 0 Å². The summed E-state index contributed by atoms with van der Waals surface area (Å²) in [6.07, 6.45) is 6.35. The Morgan fingerprint density at radius 1 is 1.35 bits per heavy atom. The third kappa shape index (κ3) is 4.19. The fraction of sp³-hybridized carbons (Fsp3) is 0.706. The Bertz CT molecular complexity index is 531. The van der Waals surface area contributed by atoms with Gasteiger partial charge in [0.15, 0.2) is 0 Å². The van der Waals surface area contributed by atoms with Crippen molar-refractivity contribution in [1.82, 2.24) is 15.3 Å². The predicted molar refractivity (Wildman–Crippen MR) is 88.3 cm³/mol. The van der Waals surface area contributed by atoms with Gasteiger partial charge in [-0.3, -0.25) is 4.79 Å². The van der Waals surface area contributed by atoms with E-state index in [4.69, 9.17) is 4.74 Å². The molecule has 0 saturated carbocycles. The van der Waals surface area contributed by atoms with Crippen molar-refractivity contribution in [2.45, 2.75) is 45.1 Å². The lowest BCUT2D eigenvalue weighted by Gasteiger charge is -2.34. The Hall–Kier alpha value is -1.69. The molecule has 1 N–H and O–H groups in total. The van der Waals surface area contributed by atoms with Gasteiger partial charge in [0.1, 0.15) is 12.1 Å². The maximum atomic E-state index is 12.6. The highest BCUT2D eigenvalue weighted by Gasteiger charge is 2.28. The van der Waals surface area contributed by atoms with E-state index < -0.39 is 0 Å². The summed E-state index contributed by atoms with van der Waals surface area (Å²) in [6.45, 7) is 5.30. The smallest absolute Gasteiger partial charge is 0.225 e. The van der Waals surface area contributed by atoms with E-state index in [9.17, 15) is 4.79 Å². The van der Waals surface area contributed by atoms with Gasteiger partial charge in [0.25, 0.3) is 0 Å². The van der Waals surface area contributed by atoms with Gasteiger partial charge >= 0.3 is 0 Å². The minimum Gasteiger partial charge on any atom is -0.381 e. The first-order chi connectivity index (χ1) is 11.3. The van der Waals surface area contributed by atoms with Crippen LogP contribution in [0.5, 0.6) is 0 Å². The molecule has 23 heavy (non-hydrogen) atoms. The summed E-state index contributed by atoms with van der Waals surface area (Å²) in [5.74, 6) is 1.18. The first-order valence-corrected chi connectivity index (χ1v) is 8.70. The molecule has 6 heteroatoms. The number of piperidine rings is 1. The lowest BCUT2D eigenvalue weighted by molar-refractivity contribution is -0.126. The second-order valence-corrected chi connectivity index (χ2v) is 6.40. The number of ether oxygens (including phenoxy) is 1. The van der Waals surface area contributed by atoms with Crippen LogP contribution in [-0.4, -0.2) is 48.2 Å². The van der Waals surface area contributed by atoms with Crippen molar-refractivity contribution in [3.63, 3.8) is 0 Å². The Morgan fingerprint density at radius 2 is 2.17 bits per heavy atom. The molecule has 0 spiro atoms. The monoisotopic (exact) mass is 318 g/mol. The van der Waals surface area contributed by atoms with E-state index in [0.29, 0.717) is 0 Å². The molecule has 0 bridgehead atoms. The highest BCUT2D eigenvalue weighted by atomic mass is 16.5. The van der Waals surface area contributed by atoms with Crippen molar-refractivity contribution in [1.29, 1.82) is 0 Å². The molecule has 2 fully saturated rings. The fourth-order valence-electron chi connectivity index (χ4n) is 3.31. The summed E-state index contributed by atoms with van der Waals surface area (Å²) in [4.78, 5) is 23.4. The number of nitrogens with one attached hydrogen (secondary N) is 1. The van der Waals surface area contributed by atoms with E-state index >= 15 is 0 Å². The van der Waals surface area contributed by atoms with Gasteiger partial charge in [0.2, 0.25) is 5.91 Å². The van der Waals surface area contributed by atoms with Crippen molar-refractivity contribution in [2.75, 3.05) is 31.2 Å². The molecule has 1 amide bonds. The van der Waals surface area contributed by atoms with Crippen molar-refractivity contribution in [3.05, 3.63) is 18.1 Å². The van der Waals surface area contributed by atoms with Crippen molar-refractivity contribution >= 4 is 11.7 Å². The van der Waals surface area contributed by atoms with E-state index in [1.165, 1.54) is 0 Å². The maximum absolute atomic E-state index is 12.6. The van der Waals surface area contributed by atoms with Gasteiger partial charge in [-0.25, -0.2) is 9.97 Å². The van der Waals surface area contributed by atoms with Crippen LogP contribution in [-0.2, 0) is 16.0 Å². The molecule has 6 nitrogen and oxygen atoms in total. The summed E-state index contributed by atoms with van der Waals surface area (Å²) in [6, 6.07) is 2.32. The van der Waals surface area contributed by atoms with Gasteiger partial charge < -0.3 is 15.0 Å². The van der Waals surface area contributed by atoms with Crippen molar-refractivity contribution < 1.29 is 9.53 Å². The number of amides is 1. The molecule has 1 unspecified atom stereocenters. The van der Waals surface area contributed by atoms with Crippen LogP contribution in [0.4, 0.5) is 5.82 Å². The Labute approximate surface area is 137 Å². The van der Waals surface area contributed by atoms with Gasteiger partial charge in [-0.05, 0) is 32.1 Å². The Kier molecular flexibility index (Phi) is 5.43. The zero-order valence-electron chi connectivity index (χ0n) is 13.8. The lowest BCUT2D eigenvalue weighted by Crippen LogP contribution is -2.47. The van der Waals surface area contributed by atoms with Gasteiger partial charge in [0.05, 0.1) is 5.92 Å². The van der Waals surface area contributed by atoms with Crippen LogP contribution in [0.25, 0.3) is 0 Å². The van der Waals surface area contributed by atoms with Gasteiger partial charge in [-0.2, -0.15) is 0 Å². The SMILES string of the molecule is CCc1cc(N2CCCC(C(=O)NC3CCOCC3)C2)ncn1. The number of hydrogen-bond acceptors (Lipinski definition) is 5. The van der Waals surface area contributed by atoms with Crippen LogP contribution in [0.15, 0.2) is 12.4 Å². The molecule has 126 valence electrons. The highest BCUT2D eigenvalue weighted by Crippen LogP contribution is 2.22. The minimum absolute atomic E-state index is 0.0478. The maximum Gasteiger partial charge on any atom is 0.225 e. The molecule has 0 aliphatic carbocycles. The number of carbonyl (C=O) groups excluding carboxylic acids is 1. The molecule has 0 radical (unpaired) electrons. The number of aromatic nitrogens is 2. The van der Waals surface area contributed by atoms with Crippen LogP contribution in [0.1, 0.15) is 38.3 Å².